The van der Waals surface area contributed by atoms with Crippen LogP contribution in [-0.4, -0.2) is 22.6 Å². The van der Waals surface area contributed by atoms with Crippen molar-refractivity contribution in [3.05, 3.63) is 21.8 Å². The normalized spacial score (nSPS) is 12.7. The van der Waals surface area contributed by atoms with Crippen LogP contribution >= 0.6 is 22.6 Å². The molecular weight excluding hydrogens is 301 g/mol. The number of aromatic nitrogens is 2. The molecule has 0 aliphatic carbocycles. The van der Waals surface area contributed by atoms with E-state index in [1.165, 1.54) is 12.8 Å². The third-order valence-corrected chi connectivity index (χ3v) is 3.21. The molecule has 1 rings (SSSR count). The van der Waals surface area contributed by atoms with Crippen molar-refractivity contribution in [1.82, 2.24) is 15.3 Å². The van der Waals surface area contributed by atoms with Crippen LogP contribution in [0.15, 0.2) is 12.5 Å². The van der Waals surface area contributed by atoms with E-state index in [4.69, 9.17) is 0 Å². The molecule has 0 radical (unpaired) electrons. The van der Waals surface area contributed by atoms with Crippen LogP contribution in [-0.2, 0) is 6.42 Å². The molecule has 4 heteroatoms. The van der Waals surface area contributed by atoms with E-state index in [2.05, 4.69) is 51.7 Å². The van der Waals surface area contributed by atoms with Crippen LogP contribution < -0.4 is 5.32 Å². The number of nitrogens with zero attached hydrogens (tertiary/aromatic N) is 2. The fourth-order valence-corrected chi connectivity index (χ4v) is 2.16. The largest absolute Gasteiger partial charge is 0.314 e. The predicted octanol–water partition coefficient (Wildman–Crippen LogP) is 2.40. The molecule has 0 amide bonds. The summed E-state index contributed by atoms with van der Waals surface area (Å²) in [6.45, 7) is 5.38. The van der Waals surface area contributed by atoms with E-state index < -0.39 is 0 Å². The highest BCUT2D eigenvalue weighted by Gasteiger charge is 2.10. The Balaban J connectivity index is 2.60. The average molecular weight is 319 g/mol. The van der Waals surface area contributed by atoms with Gasteiger partial charge in [-0.3, -0.25) is 0 Å². The van der Waals surface area contributed by atoms with Gasteiger partial charge in [-0.1, -0.05) is 20.3 Å². The smallest absolute Gasteiger partial charge is 0.115 e. The van der Waals surface area contributed by atoms with Crippen molar-refractivity contribution >= 4 is 22.6 Å². The second-order valence-electron chi connectivity index (χ2n) is 3.56. The lowest BCUT2D eigenvalue weighted by atomic mass is 10.1. The van der Waals surface area contributed by atoms with Crippen molar-refractivity contribution in [1.29, 1.82) is 0 Å². The molecule has 1 unspecified atom stereocenters. The van der Waals surface area contributed by atoms with Gasteiger partial charge in [0.1, 0.15) is 6.33 Å². The Morgan fingerprint density at radius 3 is 2.87 bits per heavy atom. The fourth-order valence-electron chi connectivity index (χ4n) is 1.64. The quantitative estimate of drug-likeness (QED) is 0.818. The Hall–Kier alpha value is -0.230. The molecule has 84 valence electrons. The lowest BCUT2D eigenvalue weighted by Gasteiger charge is -2.16. The molecule has 1 heterocycles. The van der Waals surface area contributed by atoms with E-state index in [1.54, 1.807) is 6.33 Å². The molecule has 1 aromatic heterocycles. The van der Waals surface area contributed by atoms with Gasteiger partial charge >= 0.3 is 0 Å². The fraction of sp³-hybridized carbons (Fsp3) is 0.636. The monoisotopic (exact) mass is 319 g/mol. The molecule has 0 spiro atoms. The standard InChI is InChI=1S/C11H18IN3/c1-3-5-9(14-4-2)6-11-10(12)7-13-8-15-11/h7-9,14H,3-6H2,1-2H3. The molecule has 0 saturated heterocycles. The summed E-state index contributed by atoms with van der Waals surface area (Å²) in [4.78, 5) is 8.33. The molecular formula is C11H18IN3. The summed E-state index contributed by atoms with van der Waals surface area (Å²) < 4.78 is 1.16. The molecule has 1 atom stereocenters. The zero-order chi connectivity index (χ0) is 11.1. The maximum atomic E-state index is 4.32. The third kappa shape index (κ3) is 4.42. The zero-order valence-electron chi connectivity index (χ0n) is 9.33. The molecule has 3 nitrogen and oxygen atoms in total. The van der Waals surface area contributed by atoms with Gasteiger partial charge in [-0.05, 0) is 35.6 Å². The van der Waals surface area contributed by atoms with E-state index in [9.17, 15) is 0 Å². The summed E-state index contributed by atoms with van der Waals surface area (Å²) >= 11 is 2.30. The Morgan fingerprint density at radius 2 is 2.27 bits per heavy atom. The summed E-state index contributed by atoms with van der Waals surface area (Å²) in [6, 6.07) is 0.545. The Kier molecular flexibility index (Phi) is 6.09. The van der Waals surface area contributed by atoms with Gasteiger partial charge in [0.05, 0.1) is 9.26 Å². The molecule has 0 aliphatic heterocycles. The van der Waals surface area contributed by atoms with Crippen LogP contribution in [0.2, 0.25) is 0 Å². The van der Waals surface area contributed by atoms with Crippen LogP contribution in [0.25, 0.3) is 0 Å². The van der Waals surface area contributed by atoms with Gasteiger partial charge in [-0.25, -0.2) is 9.97 Å². The van der Waals surface area contributed by atoms with E-state index >= 15 is 0 Å². The molecule has 0 aliphatic rings. The maximum Gasteiger partial charge on any atom is 0.115 e. The van der Waals surface area contributed by atoms with Crippen LogP contribution in [0.4, 0.5) is 0 Å². The van der Waals surface area contributed by atoms with E-state index in [0.717, 1.165) is 22.2 Å². The number of hydrogen-bond acceptors (Lipinski definition) is 3. The van der Waals surface area contributed by atoms with Crippen molar-refractivity contribution < 1.29 is 0 Å². The number of likely N-dealkylation sites (N-methyl/N-ethyl adjacent to an activating group) is 1. The maximum absolute atomic E-state index is 4.32. The van der Waals surface area contributed by atoms with E-state index in [-0.39, 0.29) is 0 Å². The number of rotatable bonds is 6. The van der Waals surface area contributed by atoms with Gasteiger partial charge in [0.25, 0.3) is 0 Å². The minimum Gasteiger partial charge on any atom is -0.314 e. The second kappa shape index (κ2) is 7.11. The first-order chi connectivity index (χ1) is 7.27. The number of nitrogens with one attached hydrogen (secondary N) is 1. The first-order valence-corrected chi connectivity index (χ1v) is 6.53. The SMILES string of the molecule is CCCC(Cc1ncncc1I)NCC. The second-order valence-corrected chi connectivity index (χ2v) is 4.73. The van der Waals surface area contributed by atoms with Gasteiger partial charge in [0, 0.05) is 18.7 Å². The minimum atomic E-state index is 0.545. The zero-order valence-corrected chi connectivity index (χ0v) is 11.5. The molecule has 1 N–H and O–H groups in total. The van der Waals surface area contributed by atoms with Gasteiger partial charge in [-0.15, -0.1) is 0 Å². The summed E-state index contributed by atoms with van der Waals surface area (Å²) in [5.74, 6) is 0. The van der Waals surface area contributed by atoms with Crippen LogP contribution in [0, 0.1) is 3.57 Å². The summed E-state index contributed by atoms with van der Waals surface area (Å²) in [5.41, 5.74) is 1.16. The van der Waals surface area contributed by atoms with Gasteiger partial charge in [0.2, 0.25) is 0 Å². The summed E-state index contributed by atoms with van der Waals surface area (Å²) in [5, 5.41) is 3.50. The topological polar surface area (TPSA) is 37.8 Å². The van der Waals surface area contributed by atoms with Crippen molar-refractivity contribution in [3.63, 3.8) is 0 Å². The van der Waals surface area contributed by atoms with Gasteiger partial charge in [-0.2, -0.15) is 0 Å². The Labute approximate surface area is 105 Å². The highest BCUT2D eigenvalue weighted by molar-refractivity contribution is 14.1. The molecule has 15 heavy (non-hydrogen) atoms. The summed E-state index contributed by atoms with van der Waals surface area (Å²) in [6.07, 6.45) is 6.92. The van der Waals surface area contributed by atoms with Gasteiger partial charge < -0.3 is 5.32 Å². The van der Waals surface area contributed by atoms with Crippen LogP contribution in [0.3, 0.4) is 0 Å². The lowest BCUT2D eigenvalue weighted by Crippen LogP contribution is -2.31. The summed E-state index contributed by atoms with van der Waals surface area (Å²) in [7, 11) is 0. The van der Waals surface area contributed by atoms with Crippen LogP contribution in [0.1, 0.15) is 32.4 Å². The number of hydrogen-bond donors (Lipinski definition) is 1. The first kappa shape index (κ1) is 12.8. The molecule has 0 saturated carbocycles. The number of halogens is 1. The van der Waals surface area contributed by atoms with Crippen molar-refractivity contribution in [2.75, 3.05) is 6.54 Å². The average Bonchev–Trinajstić information content (AvgIpc) is 2.22. The van der Waals surface area contributed by atoms with Gasteiger partial charge in [0.15, 0.2) is 0 Å². The van der Waals surface area contributed by atoms with Crippen molar-refractivity contribution in [2.45, 2.75) is 39.2 Å². The first-order valence-electron chi connectivity index (χ1n) is 5.45. The highest BCUT2D eigenvalue weighted by atomic mass is 127. The lowest BCUT2D eigenvalue weighted by molar-refractivity contribution is 0.480. The highest BCUT2D eigenvalue weighted by Crippen LogP contribution is 2.11. The van der Waals surface area contributed by atoms with E-state index in [0.29, 0.717) is 6.04 Å². The third-order valence-electron chi connectivity index (χ3n) is 2.31. The van der Waals surface area contributed by atoms with Crippen molar-refractivity contribution in [2.24, 2.45) is 0 Å². The molecule has 1 aromatic rings. The molecule has 0 aromatic carbocycles. The minimum absolute atomic E-state index is 0.545. The van der Waals surface area contributed by atoms with Crippen LogP contribution in [0.5, 0.6) is 0 Å². The van der Waals surface area contributed by atoms with E-state index in [1.807, 2.05) is 6.20 Å². The predicted molar refractivity (Wildman–Crippen MR) is 70.8 cm³/mol. The van der Waals surface area contributed by atoms with Crippen molar-refractivity contribution in [3.8, 4) is 0 Å². The molecule has 0 bridgehead atoms. The Morgan fingerprint density at radius 1 is 1.47 bits per heavy atom. The Bertz CT molecular complexity index is 285. The molecule has 0 fully saturated rings.